The first kappa shape index (κ1) is 18.8. The standard InChI is InChI=1S/C23H26N3O4P/c27-22-21(31(28,29)30)24-19-3-1-2-4-20(19)25(22)17-8-15-5-6-16(9-17)26(15)23-10-13-7-14(11-23)18(13)12-23/h1-4,12-17H,5-11H2,(H2,28,29,30)/t13?,14?,15-,16+,17+,23?. The molecule has 8 heteroatoms. The monoisotopic (exact) mass is 439 g/mol. The number of para-hydroxylation sites is 2. The van der Waals surface area contributed by atoms with Crippen LogP contribution >= 0.6 is 7.60 Å². The Kier molecular flexibility index (Phi) is 3.60. The van der Waals surface area contributed by atoms with E-state index in [9.17, 15) is 19.1 Å². The number of hydrogen-bond acceptors (Lipinski definition) is 4. The number of hydrogen-bond donors (Lipinski definition) is 2. The molecule has 4 bridgehead atoms. The molecular formula is C23H26N3O4P. The molecule has 5 aliphatic rings. The van der Waals surface area contributed by atoms with Gasteiger partial charge in [0.25, 0.3) is 5.56 Å². The summed E-state index contributed by atoms with van der Waals surface area (Å²) in [6, 6.07) is 8.00. The number of fused-ring (bicyclic) bond motifs is 5. The van der Waals surface area contributed by atoms with E-state index in [0.29, 0.717) is 23.1 Å². The smallest absolute Gasteiger partial charge is 0.320 e. The van der Waals surface area contributed by atoms with E-state index in [1.54, 1.807) is 22.3 Å². The lowest BCUT2D eigenvalue weighted by Gasteiger charge is -2.54. The van der Waals surface area contributed by atoms with Crippen LogP contribution in [0.25, 0.3) is 11.0 Å². The lowest BCUT2D eigenvalue weighted by Crippen LogP contribution is -2.58. The van der Waals surface area contributed by atoms with Gasteiger partial charge in [0.05, 0.1) is 11.0 Å². The van der Waals surface area contributed by atoms with Crippen LogP contribution < -0.4 is 11.0 Å². The van der Waals surface area contributed by atoms with Crippen LogP contribution in [0.2, 0.25) is 0 Å². The van der Waals surface area contributed by atoms with E-state index in [1.165, 1.54) is 19.3 Å². The molecule has 3 aliphatic carbocycles. The first-order valence-corrected chi connectivity index (χ1v) is 13.0. The number of benzene rings is 1. The molecule has 3 fully saturated rings. The first-order valence-electron chi connectivity index (χ1n) is 11.4. The zero-order valence-electron chi connectivity index (χ0n) is 17.2. The maximum absolute atomic E-state index is 13.3. The van der Waals surface area contributed by atoms with Gasteiger partial charge in [-0.2, -0.15) is 0 Å². The summed E-state index contributed by atoms with van der Waals surface area (Å²) < 4.78 is 13.7. The Bertz CT molecular complexity index is 1240. The topological polar surface area (TPSA) is 95.7 Å². The van der Waals surface area contributed by atoms with Gasteiger partial charge in [0, 0.05) is 23.7 Å². The molecule has 7 nitrogen and oxygen atoms in total. The molecule has 2 saturated heterocycles. The van der Waals surface area contributed by atoms with Crippen LogP contribution in [0.1, 0.15) is 51.0 Å². The van der Waals surface area contributed by atoms with Crippen LogP contribution in [0.4, 0.5) is 0 Å². The number of nitrogens with zero attached hydrogens (tertiary/aromatic N) is 3. The number of allylic oxidation sites excluding steroid dienone is 1. The minimum Gasteiger partial charge on any atom is -0.320 e. The highest BCUT2D eigenvalue weighted by Crippen LogP contribution is 2.65. The van der Waals surface area contributed by atoms with Gasteiger partial charge in [-0.25, -0.2) is 4.98 Å². The van der Waals surface area contributed by atoms with Crippen molar-refractivity contribution in [3.63, 3.8) is 0 Å². The summed E-state index contributed by atoms with van der Waals surface area (Å²) in [5.74, 6) is 1.63. The average molecular weight is 439 g/mol. The molecule has 162 valence electrons. The fourth-order valence-electron chi connectivity index (χ4n) is 7.86. The third-order valence-electron chi connectivity index (χ3n) is 8.79. The molecule has 1 aromatic heterocycles. The first-order chi connectivity index (χ1) is 14.8. The highest BCUT2D eigenvalue weighted by molar-refractivity contribution is 7.59. The largest absolute Gasteiger partial charge is 0.380 e. The molecule has 0 radical (unpaired) electrons. The van der Waals surface area contributed by atoms with E-state index < -0.39 is 18.6 Å². The van der Waals surface area contributed by atoms with Gasteiger partial charge in [-0.1, -0.05) is 23.8 Å². The van der Waals surface area contributed by atoms with Crippen molar-refractivity contribution in [1.29, 1.82) is 0 Å². The van der Waals surface area contributed by atoms with E-state index in [1.807, 2.05) is 12.1 Å². The van der Waals surface area contributed by atoms with Crippen molar-refractivity contribution in [2.75, 3.05) is 0 Å². The molecule has 31 heavy (non-hydrogen) atoms. The average Bonchev–Trinajstić information content (AvgIpc) is 3.29. The highest BCUT2D eigenvalue weighted by atomic mass is 31.2. The molecule has 3 heterocycles. The predicted octanol–water partition coefficient (Wildman–Crippen LogP) is 2.48. The Morgan fingerprint density at radius 1 is 1.00 bits per heavy atom. The van der Waals surface area contributed by atoms with Crippen molar-refractivity contribution in [3.05, 3.63) is 46.3 Å². The van der Waals surface area contributed by atoms with Gasteiger partial charge in [0.1, 0.15) is 0 Å². The van der Waals surface area contributed by atoms with E-state index >= 15 is 0 Å². The summed E-state index contributed by atoms with van der Waals surface area (Å²) in [6.45, 7) is 0. The Hall–Kier alpha value is -1.79. The summed E-state index contributed by atoms with van der Waals surface area (Å²) in [7, 11) is -4.76. The van der Waals surface area contributed by atoms with Gasteiger partial charge >= 0.3 is 7.60 Å². The van der Waals surface area contributed by atoms with Crippen molar-refractivity contribution in [2.45, 2.75) is 68.6 Å². The predicted molar refractivity (Wildman–Crippen MR) is 116 cm³/mol. The Morgan fingerprint density at radius 3 is 2.29 bits per heavy atom. The van der Waals surface area contributed by atoms with Crippen LogP contribution in [0.15, 0.2) is 40.7 Å². The number of aromatic nitrogens is 2. The third-order valence-corrected chi connectivity index (χ3v) is 9.63. The quantitative estimate of drug-likeness (QED) is 0.564. The summed E-state index contributed by atoms with van der Waals surface area (Å²) in [4.78, 5) is 39.7. The SMILES string of the molecule is O=c1c(P(=O)(O)O)nc2ccccc2n1[C@H]1C[C@H]2CC[C@@H](C1)N2C12C=C3C(CC3C1)C2. The van der Waals surface area contributed by atoms with E-state index in [-0.39, 0.29) is 11.6 Å². The van der Waals surface area contributed by atoms with Gasteiger partial charge in [0.2, 0.25) is 5.44 Å². The van der Waals surface area contributed by atoms with Crippen molar-refractivity contribution in [1.82, 2.24) is 14.5 Å². The molecule has 2 N–H and O–H groups in total. The summed E-state index contributed by atoms with van der Waals surface area (Å²) in [5.41, 5.74) is 1.83. The van der Waals surface area contributed by atoms with E-state index in [4.69, 9.17) is 0 Å². The van der Waals surface area contributed by atoms with Crippen molar-refractivity contribution in [2.24, 2.45) is 11.8 Å². The van der Waals surface area contributed by atoms with Crippen molar-refractivity contribution >= 4 is 24.1 Å². The zero-order chi connectivity index (χ0) is 21.1. The molecule has 7 rings (SSSR count). The normalized spacial score (nSPS) is 38.5. The minimum atomic E-state index is -4.76. The second kappa shape index (κ2) is 5.96. The molecule has 0 amide bonds. The maximum atomic E-state index is 13.3. The summed E-state index contributed by atoms with van der Waals surface area (Å²) in [6.07, 6.45) is 10.5. The van der Waals surface area contributed by atoms with Gasteiger partial charge in [0.15, 0.2) is 0 Å². The van der Waals surface area contributed by atoms with Crippen LogP contribution in [-0.4, -0.2) is 41.9 Å². The van der Waals surface area contributed by atoms with E-state index in [2.05, 4.69) is 16.0 Å². The van der Waals surface area contributed by atoms with Crippen LogP contribution in [0.5, 0.6) is 0 Å². The Morgan fingerprint density at radius 2 is 1.68 bits per heavy atom. The fourth-order valence-corrected chi connectivity index (χ4v) is 8.45. The van der Waals surface area contributed by atoms with Gasteiger partial charge in [-0.05, 0) is 68.9 Å². The number of rotatable bonds is 3. The minimum absolute atomic E-state index is 0.0587. The fraction of sp³-hybridized carbons (Fsp3) is 0.565. The molecular weight excluding hydrogens is 413 g/mol. The second-order valence-corrected chi connectivity index (χ2v) is 11.9. The van der Waals surface area contributed by atoms with Gasteiger partial charge in [-0.15, -0.1) is 0 Å². The van der Waals surface area contributed by atoms with E-state index in [0.717, 1.165) is 37.5 Å². The van der Waals surface area contributed by atoms with Crippen LogP contribution in [-0.2, 0) is 4.57 Å². The second-order valence-electron chi connectivity index (χ2n) is 10.3. The highest BCUT2D eigenvalue weighted by Gasteiger charge is 2.62. The molecule has 1 saturated carbocycles. The van der Waals surface area contributed by atoms with Gasteiger partial charge < -0.3 is 14.4 Å². The molecule has 5 atom stereocenters. The lowest BCUT2D eigenvalue weighted by atomic mass is 9.62. The Balaban J connectivity index is 1.30. The van der Waals surface area contributed by atoms with Crippen molar-refractivity contribution in [3.8, 4) is 0 Å². The third kappa shape index (κ3) is 2.44. The molecule has 0 spiro atoms. The Labute approximate surface area is 179 Å². The molecule has 2 aliphatic heterocycles. The molecule has 2 unspecified atom stereocenters. The molecule has 2 aromatic rings. The lowest BCUT2D eigenvalue weighted by molar-refractivity contribution is -0.0165. The summed E-state index contributed by atoms with van der Waals surface area (Å²) >= 11 is 0. The summed E-state index contributed by atoms with van der Waals surface area (Å²) in [5, 5.41) is 0. The maximum Gasteiger partial charge on any atom is 0.380 e. The van der Waals surface area contributed by atoms with Crippen LogP contribution in [0.3, 0.4) is 0 Å². The van der Waals surface area contributed by atoms with Gasteiger partial charge in [-0.3, -0.25) is 14.3 Å². The zero-order valence-corrected chi connectivity index (χ0v) is 18.1. The van der Waals surface area contributed by atoms with Crippen LogP contribution in [0, 0.1) is 11.8 Å². The van der Waals surface area contributed by atoms with Crippen molar-refractivity contribution < 1.29 is 14.4 Å². The molecule has 1 aromatic carbocycles. The number of piperidine rings is 1.